The molecule has 0 aliphatic rings. The highest BCUT2D eigenvalue weighted by atomic mass is 32.2. The molecule has 0 saturated carbocycles. The van der Waals surface area contributed by atoms with Crippen molar-refractivity contribution in [1.29, 1.82) is 0 Å². The summed E-state index contributed by atoms with van der Waals surface area (Å²) in [5, 5.41) is 13.3. The summed E-state index contributed by atoms with van der Waals surface area (Å²) in [6.45, 7) is 2.77. The number of carboxylic acids is 1. The fraction of sp³-hybridized carbons (Fsp3) is 0.833. The Morgan fingerprint density at radius 3 is 2.31 bits per heavy atom. The molecular weight excluding hydrogens is 196 g/mol. The molecule has 0 spiro atoms. The van der Waals surface area contributed by atoms with Gasteiger partial charge in [-0.3, -0.25) is 4.79 Å². The van der Waals surface area contributed by atoms with Gasteiger partial charge in [-0.2, -0.15) is 12.7 Å². The predicted molar refractivity (Wildman–Crippen MR) is 47.2 cm³/mol. The van der Waals surface area contributed by atoms with Gasteiger partial charge in [0.05, 0.1) is 0 Å². The van der Waals surface area contributed by atoms with Gasteiger partial charge in [-0.15, -0.1) is 0 Å². The second kappa shape index (κ2) is 4.54. The first-order valence-electron chi connectivity index (χ1n) is 3.80. The van der Waals surface area contributed by atoms with E-state index in [-0.39, 0.29) is 0 Å². The smallest absolute Gasteiger partial charge is 0.318 e. The van der Waals surface area contributed by atoms with Crippen LogP contribution in [0.25, 0.3) is 0 Å². The number of hydrogen-bond acceptors (Lipinski definition) is 3. The van der Waals surface area contributed by atoms with E-state index in [2.05, 4.69) is 0 Å². The highest BCUT2D eigenvalue weighted by molar-refractivity contribution is 7.86. The minimum absolute atomic E-state index is 0.397. The van der Waals surface area contributed by atoms with Crippen LogP contribution in [-0.4, -0.2) is 36.4 Å². The number of rotatable bonds is 5. The number of aliphatic carboxylic acids is 1. The molecule has 13 heavy (non-hydrogen) atoms. The van der Waals surface area contributed by atoms with Gasteiger partial charge < -0.3 is 5.11 Å². The summed E-state index contributed by atoms with van der Waals surface area (Å²) >= 11 is 0. The first-order valence-corrected chi connectivity index (χ1v) is 5.30. The van der Waals surface area contributed by atoms with E-state index in [0.717, 1.165) is 4.31 Å². The molecule has 0 aromatic rings. The molecule has 3 N–H and O–H groups in total. The summed E-state index contributed by atoms with van der Waals surface area (Å²) in [6, 6.07) is -0.397. The number of nitrogens with zero attached hydrogens (tertiary/aromatic N) is 1. The molecule has 0 aromatic heterocycles. The molecule has 0 amide bonds. The first-order chi connectivity index (χ1) is 5.79. The van der Waals surface area contributed by atoms with Crippen LogP contribution in [0.3, 0.4) is 0 Å². The second-order valence-corrected chi connectivity index (χ2v) is 4.24. The molecule has 0 bridgehead atoms. The lowest BCUT2D eigenvalue weighted by Crippen LogP contribution is -2.45. The van der Waals surface area contributed by atoms with E-state index in [0.29, 0.717) is 6.42 Å². The summed E-state index contributed by atoms with van der Waals surface area (Å²) in [6.07, 6.45) is 0.518. The van der Waals surface area contributed by atoms with Gasteiger partial charge in [0.2, 0.25) is 0 Å². The number of hydrogen-bond donors (Lipinski definition) is 2. The average molecular weight is 210 g/mol. The highest BCUT2D eigenvalue weighted by Gasteiger charge is 2.24. The van der Waals surface area contributed by atoms with E-state index in [1.54, 1.807) is 13.8 Å². The lowest BCUT2D eigenvalue weighted by Gasteiger charge is -2.23. The molecule has 0 fully saturated rings. The van der Waals surface area contributed by atoms with Gasteiger partial charge in [0.1, 0.15) is 6.54 Å². The standard InChI is InChI=1S/C6H14N2O4S/c1-3-5(2)8(4-6(9)10)13(7,11)12/h5H,3-4H2,1-2H3,(H,9,10)(H2,7,11,12). The Kier molecular flexibility index (Phi) is 4.31. The van der Waals surface area contributed by atoms with Crippen molar-refractivity contribution >= 4 is 16.2 Å². The van der Waals surface area contributed by atoms with Gasteiger partial charge in [0.25, 0.3) is 10.2 Å². The summed E-state index contributed by atoms with van der Waals surface area (Å²) in [7, 11) is -3.92. The Labute approximate surface area is 77.5 Å². The maximum absolute atomic E-state index is 10.9. The lowest BCUT2D eigenvalue weighted by atomic mass is 10.2. The van der Waals surface area contributed by atoms with Gasteiger partial charge in [0, 0.05) is 6.04 Å². The fourth-order valence-corrected chi connectivity index (χ4v) is 1.77. The minimum atomic E-state index is -3.92. The van der Waals surface area contributed by atoms with Crippen LogP contribution in [0.2, 0.25) is 0 Å². The van der Waals surface area contributed by atoms with Crippen LogP contribution in [0.15, 0.2) is 0 Å². The van der Waals surface area contributed by atoms with Crippen molar-refractivity contribution in [3.8, 4) is 0 Å². The first kappa shape index (κ1) is 12.3. The quantitative estimate of drug-likeness (QED) is 0.631. The van der Waals surface area contributed by atoms with E-state index in [9.17, 15) is 13.2 Å². The van der Waals surface area contributed by atoms with Crippen LogP contribution in [0, 0.1) is 0 Å². The molecule has 1 unspecified atom stereocenters. The fourth-order valence-electron chi connectivity index (χ4n) is 0.834. The molecule has 78 valence electrons. The summed E-state index contributed by atoms with van der Waals surface area (Å²) < 4.78 is 22.6. The van der Waals surface area contributed by atoms with Crippen molar-refractivity contribution in [3.63, 3.8) is 0 Å². The van der Waals surface area contributed by atoms with E-state index < -0.39 is 28.8 Å². The second-order valence-electron chi connectivity index (χ2n) is 2.74. The Hall–Kier alpha value is -0.660. The molecule has 1 atom stereocenters. The zero-order valence-corrected chi connectivity index (χ0v) is 8.41. The van der Waals surface area contributed by atoms with E-state index in [4.69, 9.17) is 10.2 Å². The zero-order chi connectivity index (χ0) is 10.6. The number of nitrogens with two attached hydrogens (primary N) is 1. The van der Waals surface area contributed by atoms with Gasteiger partial charge in [-0.05, 0) is 13.3 Å². The summed E-state index contributed by atoms with van der Waals surface area (Å²) in [4.78, 5) is 10.3. The molecule has 0 aliphatic heterocycles. The van der Waals surface area contributed by atoms with Crippen LogP contribution in [-0.2, 0) is 15.0 Å². The van der Waals surface area contributed by atoms with E-state index in [1.807, 2.05) is 0 Å². The third-order valence-electron chi connectivity index (χ3n) is 1.70. The van der Waals surface area contributed by atoms with Gasteiger partial charge in [-0.25, -0.2) is 5.14 Å². The van der Waals surface area contributed by atoms with Crippen LogP contribution in [0.1, 0.15) is 20.3 Å². The molecule has 0 radical (unpaired) electrons. The van der Waals surface area contributed by atoms with Crippen molar-refractivity contribution in [2.45, 2.75) is 26.3 Å². The number of carbonyl (C=O) groups is 1. The minimum Gasteiger partial charge on any atom is -0.480 e. The lowest BCUT2D eigenvalue weighted by molar-refractivity contribution is -0.137. The predicted octanol–water partition coefficient (Wildman–Crippen LogP) is -0.625. The van der Waals surface area contributed by atoms with Crippen molar-refractivity contribution in [1.82, 2.24) is 4.31 Å². The Balaban J connectivity index is 4.66. The summed E-state index contributed by atoms with van der Waals surface area (Å²) in [5.74, 6) is -1.21. The number of carboxylic acid groups (broad SMARTS) is 1. The Morgan fingerprint density at radius 1 is 1.62 bits per heavy atom. The van der Waals surface area contributed by atoms with Crippen LogP contribution >= 0.6 is 0 Å². The molecule has 7 heteroatoms. The molecular formula is C6H14N2O4S. The Morgan fingerprint density at radius 2 is 2.08 bits per heavy atom. The van der Waals surface area contributed by atoms with Crippen molar-refractivity contribution in [3.05, 3.63) is 0 Å². The van der Waals surface area contributed by atoms with Crippen LogP contribution < -0.4 is 5.14 Å². The van der Waals surface area contributed by atoms with Crippen molar-refractivity contribution in [2.75, 3.05) is 6.54 Å². The Bertz CT molecular complexity index is 274. The molecule has 0 saturated heterocycles. The van der Waals surface area contributed by atoms with Gasteiger partial charge in [0.15, 0.2) is 0 Å². The molecule has 6 nitrogen and oxygen atoms in total. The zero-order valence-electron chi connectivity index (χ0n) is 7.60. The topological polar surface area (TPSA) is 101 Å². The van der Waals surface area contributed by atoms with Crippen LogP contribution in [0.5, 0.6) is 0 Å². The highest BCUT2D eigenvalue weighted by Crippen LogP contribution is 2.05. The SMILES string of the molecule is CCC(C)N(CC(=O)O)S(N)(=O)=O. The third-order valence-corrected chi connectivity index (χ3v) is 2.84. The van der Waals surface area contributed by atoms with Crippen LogP contribution in [0.4, 0.5) is 0 Å². The normalized spacial score (nSPS) is 14.5. The van der Waals surface area contributed by atoms with E-state index in [1.165, 1.54) is 0 Å². The average Bonchev–Trinajstić information content (AvgIpc) is 1.96. The molecule has 0 aliphatic carbocycles. The summed E-state index contributed by atoms with van der Waals surface area (Å²) in [5.41, 5.74) is 0. The van der Waals surface area contributed by atoms with Gasteiger partial charge >= 0.3 is 5.97 Å². The maximum atomic E-state index is 10.9. The van der Waals surface area contributed by atoms with E-state index >= 15 is 0 Å². The molecule has 0 heterocycles. The van der Waals surface area contributed by atoms with Gasteiger partial charge in [-0.1, -0.05) is 6.92 Å². The van der Waals surface area contributed by atoms with Crippen molar-refractivity contribution < 1.29 is 18.3 Å². The molecule has 0 rings (SSSR count). The third kappa shape index (κ3) is 4.20. The maximum Gasteiger partial charge on any atom is 0.318 e. The monoisotopic (exact) mass is 210 g/mol. The largest absolute Gasteiger partial charge is 0.480 e. The molecule has 0 aromatic carbocycles. The van der Waals surface area contributed by atoms with Crippen molar-refractivity contribution in [2.24, 2.45) is 5.14 Å².